The lowest BCUT2D eigenvalue weighted by Crippen LogP contribution is -2.49. The molecule has 0 saturated heterocycles. The van der Waals surface area contributed by atoms with E-state index in [0.717, 1.165) is 36.1 Å². The first-order chi connectivity index (χ1) is 10.5. The molecular formula is C17H23NO4. The van der Waals surface area contributed by atoms with Gasteiger partial charge in [0.05, 0.1) is 12.0 Å². The van der Waals surface area contributed by atoms with Gasteiger partial charge in [0.25, 0.3) is 0 Å². The molecule has 0 bridgehead atoms. The van der Waals surface area contributed by atoms with Crippen molar-refractivity contribution in [3.05, 3.63) is 29.3 Å². The summed E-state index contributed by atoms with van der Waals surface area (Å²) in [6.07, 6.45) is 2.62. The lowest BCUT2D eigenvalue weighted by atomic mass is 9.85. The summed E-state index contributed by atoms with van der Waals surface area (Å²) in [6, 6.07) is 5.76. The summed E-state index contributed by atoms with van der Waals surface area (Å²) in [5.74, 6) is -0.242. The number of hydrogen-bond donors (Lipinski definition) is 3. The highest BCUT2D eigenvalue weighted by Gasteiger charge is 2.33. The van der Waals surface area contributed by atoms with Crippen LogP contribution >= 0.6 is 0 Å². The van der Waals surface area contributed by atoms with Gasteiger partial charge in [-0.15, -0.1) is 0 Å². The summed E-state index contributed by atoms with van der Waals surface area (Å²) in [6.45, 7) is 2.40. The predicted octanol–water partition coefficient (Wildman–Crippen LogP) is 2.02. The number of carboxylic acid groups (broad SMARTS) is 1. The van der Waals surface area contributed by atoms with E-state index in [1.165, 1.54) is 0 Å². The van der Waals surface area contributed by atoms with E-state index in [9.17, 15) is 9.90 Å². The standard InChI is InChI=1S/C17H23NO4/c1-10-5-6-13-15(7-10)22-9-14(16(13)19)18-12-4-2-3-11(8-12)17(20)21/h5-7,11-12,14,16,18-19H,2-4,8-9H2,1H3,(H,20,21)/t11?,12-,14-,16+/m0/s1. The van der Waals surface area contributed by atoms with E-state index in [0.29, 0.717) is 13.0 Å². The monoisotopic (exact) mass is 305 g/mol. The zero-order chi connectivity index (χ0) is 15.7. The van der Waals surface area contributed by atoms with Crippen molar-refractivity contribution in [2.24, 2.45) is 5.92 Å². The number of fused-ring (bicyclic) bond motifs is 1. The van der Waals surface area contributed by atoms with Gasteiger partial charge < -0.3 is 20.3 Å². The molecule has 1 fully saturated rings. The summed E-state index contributed by atoms with van der Waals surface area (Å²) in [5.41, 5.74) is 1.91. The first-order valence-corrected chi connectivity index (χ1v) is 7.95. The summed E-state index contributed by atoms with van der Waals surface area (Å²) >= 11 is 0. The van der Waals surface area contributed by atoms with Crippen molar-refractivity contribution in [2.75, 3.05) is 6.61 Å². The van der Waals surface area contributed by atoms with Gasteiger partial charge in [-0.2, -0.15) is 0 Å². The minimum Gasteiger partial charge on any atom is -0.491 e. The topological polar surface area (TPSA) is 78.8 Å². The van der Waals surface area contributed by atoms with Gasteiger partial charge in [-0.25, -0.2) is 0 Å². The Kier molecular flexibility index (Phi) is 4.36. The maximum atomic E-state index is 11.2. The molecule has 0 spiro atoms. The van der Waals surface area contributed by atoms with E-state index in [1.807, 2.05) is 25.1 Å². The van der Waals surface area contributed by atoms with Gasteiger partial charge in [0.2, 0.25) is 0 Å². The van der Waals surface area contributed by atoms with Crippen LogP contribution in [0, 0.1) is 12.8 Å². The van der Waals surface area contributed by atoms with E-state index in [1.54, 1.807) is 0 Å². The first kappa shape index (κ1) is 15.3. The third-order valence-electron chi connectivity index (χ3n) is 4.76. The molecule has 3 rings (SSSR count). The molecule has 0 radical (unpaired) electrons. The molecule has 4 atom stereocenters. The molecule has 5 nitrogen and oxygen atoms in total. The SMILES string of the molecule is Cc1ccc2c(c1)OC[C@H](N[C@H]1CCCC(C(=O)O)C1)[C@@H]2O. The Morgan fingerprint density at radius 1 is 1.36 bits per heavy atom. The third kappa shape index (κ3) is 3.10. The normalized spacial score (nSPS) is 31.2. The number of aliphatic hydroxyl groups is 1. The van der Waals surface area contributed by atoms with Crippen molar-refractivity contribution in [3.63, 3.8) is 0 Å². The van der Waals surface area contributed by atoms with Crippen molar-refractivity contribution in [1.29, 1.82) is 0 Å². The maximum absolute atomic E-state index is 11.2. The van der Waals surface area contributed by atoms with Crippen molar-refractivity contribution in [2.45, 2.75) is 50.8 Å². The van der Waals surface area contributed by atoms with Crippen molar-refractivity contribution < 1.29 is 19.7 Å². The number of carboxylic acids is 1. The molecule has 22 heavy (non-hydrogen) atoms. The number of aliphatic carboxylic acids is 1. The predicted molar refractivity (Wildman–Crippen MR) is 81.9 cm³/mol. The van der Waals surface area contributed by atoms with Crippen LogP contribution in [0.5, 0.6) is 5.75 Å². The minimum atomic E-state index is -0.715. The van der Waals surface area contributed by atoms with Crippen molar-refractivity contribution >= 4 is 5.97 Å². The van der Waals surface area contributed by atoms with Crippen LogP contribution in [0.4, 0.5) is 0 Å². The number of rotatable bonds is 3. The van der Waals surface area contributed by atoms with Crippen LogP contribution in [-0.4, -0.2) is 34.9 Å². The maximum Gasteiger partial charge on any atom is 0.306 e. The van der Waals surface area contributed by atoms with Gasteiger partial charge in [-0.05, 0) is 37.8 Å². The molecule has 1 aliphatic carbocycles. The largest absolute Gasteiger partial charge is 0.491 e. The number of carbonyl (C=O) groups is 1. The molecule has 1 aliphatic heterocycles. The molecule has 1 aromatic rings. The number of aryl methyl sites for hydroxylation is 1. The van der Waals surface area contributed by atoms with E-state index in [2.05, 4.69) is 5.32 Å². The quantitative estimate of drug-likeness (QED) is 0.796. The Balaban J connectivity index is 1.66. The molecular weight excluding hydrogens is 282 g/mol. The second-order valence-electron chi connectivity index (χ2n) is 6.47. The lowest BCUT2D eigenvalue weighted by molar-refractivity contribution is -0.143. The molecule has 5 heteroatoms. The van der Waals surface area contributed by atoms with Crippen LogP contribution in [0.1, 0.15) is 42.9 Å². The van der Waals surface area contributed by atoms with Crippen LogP contribution in [0.15, 0.2) is 18.2 Å². The molecule has 120 valence electrons. The number of ether oxygens (including phenoxy) is 1. The second kappa shape index (κ2) is 6.26. The number of hydrogen-bond acceptors (Lipinski definition) is 4. The molecule has 1 heterocycles. The zero-order valence-corrected chi connectivity index (χ0v) is 12.8. The summed E-state index contributed by atoms with van der Waals surface area (Å²) in [4.78, 5) is 11.2. The lowest BCUT2D eigenvalue weighted by Gasteiger charge is -2.36. The summed E-state index contributed by atoms with van der Waals surface area (Å²) < 4.78 is 5.76. The van der Waals surface area contributed by atoms with Crippen LogP contribution in [0.2, 0.25) is 0 Å². The summed E-state index contributed by atoms with van der Waals surface area (Å²) in [7, 11) is 0. The molecule has 0 amide bonds. The first-order valence-electron chi connectivity index (χ1n) is 7.95. The fourth-order valence-corrected chi connectivity index (χ4v) is 3.51. The Morgan fingerprint density at radius 3 is 2.95 bits per heavy atom. The fraction of sp³-hybridized carbons (Fsp3) is 0.588. The average molecular weight is 305 g/mol. The van der Waals surface area contributed by atoms with Gasteiger partial charge in [-0.1, -0.05) is 18.6 Å². The molecule has 0 aromatic heterocycles. The second-order valence-corrected chi connectivity index (χ2v) is 6.47. The van der Waals surface area contributed by atoms with Gasteiger partial charge in [0.15, 0.2) is 0 Å². The van der Waals surface area contributed by atoms with Crippen LogP contribution < -0.4 is 10.1 Å². The fourth-order valence-electron chi connectivity index (χ4n) is 3.51. The highest BCUT2D eigenvalue weighted by molar-refractivity contribution is 5.70. The Labute approximate surface area is 130 Å². The molecule has 1 aromatic carbocycles. The Bertz CT molecular complexity index is 560. The zero-order valence-electron chi connectivity index (χ0n) is 12.8. The van der Waals surface area contributed by atoms with E-state index < -0.39 is 12.1 Å². The molecule has 1 unspecified atom stereocenters. The van der Waals surface area contributed by atoms with Crippen LogP contribution in [-0.2, 0) is 4.79 Å². The Hall–Kier alpha value is -1.59. The summed E-state index contributed by atoms with van der Waals surface area (Å²) in [5, 5.41) is 23.1. The highest BCUT2D eigenvalue weighted by atomic mass is 16.5. The van der Waals surface area contributed by atoms with Gasteiger partial charge in [0, 0.05) is 11.6 Å². The number of nitrogens with one attached hydrogen (secondary N) is 1. The van der Waals surface area contributed by atoms with Crippen molar-refractivity contribution in [3.8, 4) is 5.75 Å². The van der Waals surface area contributed by atoms with Crippen molar-refractivity contribution in [1.82, 2.24) is 5.32 Å². The van der Waals surface area contributed by atoms with E-state index in [4.69, 9.17) is 9.84 Å². The van der Waals surface area contributed by atoms with Gasteiger partial charge >= 0.3 is 5.97 Å². The highest BCUT2D eigenvalue weighted by Crippen LogP contribution is 2.34. The molecule has 1 saturated carbocycles. The van der Waals surface area contributed by atoms with Crippen LogP contribution in [0.25, 0.3) is 0 Å². The molecule has 3 N–H and O–H groups in total. The Morgan fingerprint density at radius 2 is 2.18 bits per heavy atom. The third-order valence-corrected chi connectivity index (χ3v) is 4.76. The van der Waals surface area contributed by atoms with Gasteiger partial charge in [-0.3, -0.25) is 4.79 Å². The minimum absolute atomic E-state index is 0.130. The van der Waals surface area contributed by atoms with Gasteiger partial charge in [0.1, 0.15) is 18.5 Å². The average Bonchev–Trinajstić information content (AvgIpc) is 2.50. The number of aliphatic hydroxyl groups excluding tert-OH is 1. The van der Waals surface area contributed by atoms with Crippen LogP contribution in [0.3, 0.4) is 0 Å². The smallest absolute Gasteiger partial charge is 0.306 e. The number of benzene rings is 1. The van der Waals surface area contributed by atoms with E-state index in [-0.39, 0.29) is 18.0 Å². The van der Waals surface area contributed by atoms with E-state index >= 15 is 0 Å². The molecule has 2 aliphatic rings.